The molecule has 0 saturated heterocycles. The summed E-state index contributed by atoms with van der Waals surface area (Å²) in [6, 6.07) is 1.21. The zero-order valence-corrected chi connectivity index (χ0v) is 6.44. The normalized spacial score (nSPS) is 9.75. The van der Waals surface area contributed by atoms with E-state index in [4.69, 9.17) is 11.5 Å². The predicted octanol–water partition coefficient (Wildman–Crippen LogP) is 0.463. The van der Waals surface area contributed by atoms with Gasteiger partial charge >= 0.3 is 0 Å². The van der Waals surface area contributed by atoms with Crippen LogP contribution < -0.4 is 11.5 Å². The summed E-state index contributed by atoms with van der Waals surface area (Å²) in [5, 5.41) is 10.4. The van der Waals surface area contributed by atoms with Gasteiger partial charge in [-0.2, -0.15) is 0 Å². The third-order valence-electron chi connectivity index (χ3n) is 1.44. The lowest BCUT2D eigenvalue weighted by Crippen LogP contribution is -2.02. The van der Waals surface area contributed by atoms with Crippen LogP contribution in [0.15, 0.2) is 6.07 Å². The van der Waals surface area contributed by atoms with E-state index in [0.717, 1.165) is 0 Å². The maximum atomic E-state index is 10.4. The Balaban J connectivity index is 3.33. The summed E-state index contributed by atoms with van der Waals surface area (Å²) in [6.45, 7) is 1.51. The molecule has 0 aromatic carbocycles. The second-order valence-corrected chi connectivity index (χ2v) is 2.32. The molecule has 1 aromatic heterocycles. The molecule has 6 nitrogen and oxygen atoms in total. The lowest BCUT2D eigenvalue weighted by atomic mass is 10.3. The van der Waals surface area contributed by atoms with Crippen molar-refractivity contribution in [3.05, 3.63) is 21.9 Å². The first-order valence-electron chi connectivity index (χ1n) is 3.19. The number of nitrogens with two attached hydrogens (primary N) is 2. The highest BCUT2D eigenvalue weighted by Gasteiger charge is 2.13. The first-order valence-corrected chi connectivity index (χ1v) is 3.19. The molecule has 0 saturated carbocycles. The lowest BCUT2D eigenvalue weighted by molar-refractivity contribution is -0.385. The highest BCUT2D eigenvalue weighted by molar-refractivity contribution is 5.63. The van der Waals surface area contributed by atoms with Crippen LogP contribution in [0.4, 0.5) is 17.2 Å². The van der Waals surface area contributed by atoms with Crippen molar-refractivity contribution in [2.24, 2.45) is 0 Å². The first-order chi connectivity index (χ1) is 5.52. The highest BCUT2D eigenvalue weighted by Crippen LogP contribution is 2.22. The lowest BCUT2D eigenvalue weighted by Gasteiger charge is -2.00. The van der Waals surface area contributed by atoms with E-state index < -0.39 is 4.92 Å². The maximum absolute atomic E-state index is 10.4. The van der Waals surface area contributed by atoms with Crippen molar-refractivity contribution in [2.45, 2.75) is 6.92 Å². The minimum atomic E-state index is -0.544. The number of nitrogens with zero attached hydrogens (tertiary/aromatic N) is 2. The number of hydrogen-bond acceptors (Lipinski definition) is 5. The van der Waals surface area contributed by atoms with Gasteiger partial charge in [0.15, 0.2) is 0 Å². The van der Waals surface area contributed by atoms with Crippen LogP contribution in [0.1, 0.15) is 5.69 Å². The van der Waals surface area contributed by atoms with Crippen molar-refractivity contribution < 1.29 is 4.92 Å². The quantitative estimate of drug-likeness (QED) is 0.467. The smallest absolute Gasteiger partial charge is 0.292 e. The molecule has 1 rings (SSSR count). The highest BCUT2D eigenvalue weighted by atomic mass is 16.6. The fraction of sp³-hybridized carbons (Fsp3) is 0.167. The molecule has 12 heavy (non-hydrogen) atoms. The number of aromatic nitrogens is 1. The topological polar surface area (TPSA) is 108 Å². The Hall–Kier alpha value is -1.85. The van der Waals surface area contributed by atoms with Crippen LogP contribution in [-0.2, 0) is 0 Å². The molecule has 4 N–H and O–H groups in total. The average Bonchev–Trinajstić information content (AvgIpc) is 1.96. The summed E-state index contributed by atoms with van der Waals surface area (Å²) in [5.74, 6) is 0.123. The van der Waals surface area contributed by atoms with Gasteiger partial charge in [-0.3, -0.25) is 10.1 Å². The fourth-order valence-corrected chi connectivity index (χ4v) is 0.813. The maximum Gasteiger partial charge on any atom is 0.292 e. The van der Waals surface area contributed by atoms with Gasteiger partial charge in [0.1, 0.15) is 11.5 Å². The van der Waals surface area contributed by atoms with Gasteiger partial charge in [0.2, 0.25) is 0 Å². The molecule has 6 heteroatoms. The Kier molecular flexibility index (Phi) is 1.82. The first kappa shape index (κ1) is 8.25. The minimum Gasteiger partial charge on any atom is -0.396 e. The summed E-state index contributed by atoms with van der Waals surface area (Å²) in [7, 11) is 0. The number of hydrogen-bond donors (Lipinski definition) is 2. The van der Waals surface area contributed by atoms with Crippen LogP contribution in [0.2, 0.25) is 0 Å². The van der Waals surface area contributed by atoms with Gasteiger partial charge in [0.05, 0.1) is 10.6 Å². The third kappa shape index (κ3) is 1.26. The van der Waals surface area contributed by atoms with E-state index in [1.54, 1.807) is 0 Å². The zero-order chi connectivity index (χ0) is 9.30. The van der Waals surface area contributed by atoms with Crippen molar-refractivity contribution in [1.29, 1.82) is 0 Å². The Morgan fingerprint density at radius 3 is 2.67 bits per heavy atom. The summed E-state index contributed by atoms with van der Waals surface area (Å²) in [5.41, 5.74) is 11.0. The van der Waals surface area contributed by atoms with Crippen LogP contribution in [0.5, 0.6) is 0 Å². The fourth-order valence-electron chi connectivity index (χ4n) is 0.813. The van der Waals surface area contributed by atoms with Gasteiger partial charge in [0.25, 0.3) is 5.69 Å². The van der Waals surface area contributed by atoms with E-state index >= 15 is 0 Å². The largest absolute Gasteiger partial charge is 0.396 e. The van der Waals surface area contributed by atoms with Crippen LogP contribution in [0, 0.1) is 17.0 Å². The van der Waals surface area contributed by atoms with E-state index in [2.05, 4.69) is 4.98 Å². The third-order valence-corrected chi connectivity index (χ3v) is 1.44. The van der Waals surface area contributed by atoms with E-state index in [1.807, 2.05) is 0 Å². The molecule has 1 heterocycles. The molecule has 0 aliphatic carbocycles. The molecule has 1 aromatic rings. The molecule has 0 amide bonds. The number of aryl methyl sites for hydroxylation is 1. The van der Waals surface area contributed by atoms with E-state index in [0.29, 0.717) is 0 Å². The number of anilines is 2. The van der Waals surface area contributed by atoms with E-state index in [9.17, 15) is 10.1 Å². The summed E-state index contributed by atoms with van der Waals surface area (Å²) >= 11 is 0. The van der Waals surface area contributed by atoms with Gasteiger partial charge in [-0.15, -0.1) is 0 Å². The molecule has 0 radical (unpaired) electrons. The van der Waals surface area contributed by atoms with Crippen LogP contribution in [-0.4, -0.2) is 9.91 Å². The Morgan fingerprint density at radius 2 is 2.17 bits per heavy atom. The second kappa shape index (κ2) is 2.65. The average molecular weight is 168 g/mol. The molecule has 0 bridgehead atoms. The van der Waals surface area contributed by atoms with Crippen LogP contribution >= 0.6 is 0 Å². The van der Waals surface area contributed by atoms with Gasteiger partial charge in [-0.1, -0.05) is 0 Å². The van der Waals surface area contributed by atoms with Crippen molar-refractivity contribution in [3.63, 3.8) is 0 Å². The van der Waals surface area contributed by atoms with Crippen LogP contribution in [0.3, 0.4) is 0 Å². The van der Waals surface area contributed by atoms with E-state index in [1.165, 1.54) is 13.0 Å². The Labute approximate surface area is 68.3 Å². The summed E-state index contributed by atoms with van der Waals surface area (Å²) < 4.78 is 0. The van der Waals surface area contributed by atoms with Gasteiger partial charge in [-0.05, 0) is 6.92 Å². The SMILES string of the molecule is Cc1nc(N)c(N)cc1[N+](=O)[O-]. The molecule has 0 unspecified atom stereocenters. The molecular formula is C6H8N4O2. The van der Waals surface area contributed by atoms with Gasteiger partial charge in [-0.25, -0.2) is 4.98 Å². The molecule has 0 spiro atoms. The minimum absolute atomic E-state index is 0.110. The number of pyridine rings is 1. The van der Waals surface area contributed by atoms with Crippen molar-refractivity contribution in [2.75, 3.05) is 11.5 Å². The Morgan fingerprint density at radius 1 is 1.58 bits per heavy atom. The Bertz CT molecular complexity index is 337. The van der Waals surface area contributed by atoms with E-state index in [-0.39, 0.29) is 22.9 Å². The molecular weight excluding hydrogens is 160 g/mol. The van der Waals surface area contributed by atoms with Crippen LogP contribution in [0.25, 0.3) is 0 Å². The second-order valence-electron chi connectivity index (χ2n) is 2.32. The monoisotopic (exact) mass is 168 g/mol. The molecule has 0 fully saturated rings. The summed E-state index contributed by atoms with van der Waals surface area (Å²) in [4.78, 5) is 13.5. The number of rotatable bonds is 1. The molecule has 64 valence electrons. The zero-order valence-electron chi connectivity index (χ0n) is 6.44. The molecule has 0 atom stereocenters. The molecule has 0 aliphatic heterocycles. The van der Waals surface area contributed by atoms with Gasteiger partial charge < -0.3 is 11.5 Å². The number of nitrogen functional groups attached to an aromatic ring is 2. The predicted molar refractivity (Wildman–Crippen MR) is 44.5 cm³/mol. The standard InChI is InChI=1S/C6H8N4O2/c1-3-5(10(11)12)2-4(7)6(8)9-3/h2H,7H2,1H3,(H2,8,9). The van der Waals surface area contributed by atoms with Crippen molar-refractivity contribution in [3.8, 4) is 0 Å². The van der Waals surface area contributed by atoms with Gasteiger partial charge in [0, 0.05) is 6.07 Å². The number of nitro groups is 1. The van der Waals surface area contributed by atoms with Crippen molar-refractivity contribution in [1.82, 2.24) is 4.98 Å². The summed E-state index contributed by atoms with van der Waals surface area (Å²) in [6.07, 6.45) is 0. The van der Waals surface area contributed by atoms with Crippen molar-refractivity contribution >= 4 is 17.2 Å². The molecule has 0 aliphatic rings.